The Labute approximate surface area is 169 Å². The molecule has 0 amide bonds. The number of nitrogens with zero attached hydrogens (tertiary/aromatic N) is 4. The number of hydrogen-bond donors (Lipinski definition) is 0. The van der Waals surface area contributed by atoms with Gasteiger partial charge in [0.15, 0.2) is 0 Å². The van der Waals surface area contributed by atoms with Crippen molar-refractivity contribution in [2.24, 2.45) is 0 Å². The summed E-state index contributed by atoms with van der Waals surface area (Å²) in [6, 6.07) is 4.87. The zero-order valence-electron chi connectivity index (χ0n) is 16.4. The Hall–Kier alpha value is -3.83. The molecule has 0 N–H and O–H groups in total. The molecule has 1 aromatic heterocycles. The number of carbonyl (C=O) groups excluding carboxylic acids is 1. The molecule has 2 unspecified atom stereocenters. The summed E-state index contributed by atoms with van der Waals surface area (Å²) in [5.74, 6) is -1.89. The van der Waals surface area contributed by atoms with Crippen LogP contribution >= 0.6 is 0 Å². The van der Waals surface area contributed by atoms with Crippen molar-refractivity contribution in [3.05, 3.63) is 66.4 Å². The largest absolute Gasteiger partial charge is 0.460 e. The lowest BCUT2D eigenvalue weighted by molar-refractivity contribution is -0.767. The third kappa shape index (κ3) is 3.97. The molecule has 30 heavy (non-hydrogen) atoms. The van der Waals surface area contributed by atoms with Crippen molar-refractivity contribution < 1.29 is 29.0 Å². The minimum atomic E-state index is -1.07. The van der Waals surface area contributed by atoms with Gasteiger partial charge in [-0.2, -0.15) is 0 Å². The molecule has 0 fully saturated rings. The maximum Gasteiger partial charge on any atom is 0.335 e. The summed E-state index contributed by atoms with van der Waals surface area (Å²) in [7, 11) is 0. The van der Waals surface area contributed by atoms with E-state index in [-0.39, 0.29) is 17.7 Å². The number of nitro groups is 1. The van der Waals surface area contributed by atoms with E-state index in [0.717, 1.165) is 0 Å². The monoisotopic (exact) mass is 418 g/mol. The highest BCUT2D eigenvalue weighted by atomic mass is 17.0. The van der Waals surface area contributed by atoms with Gasteiger partial charge in [-0.3, -0.25) is 10.1 Å². The van der Waals surface area contributed by atoms with Crippen LogP contribution in [0, 0.1) is 20.2 Å². The molecular formula is C18H18N4O8. The van der Waals surface area contributed by atoms with Crippen LogP contribution in [0.25, 0.3) is 11.0 Å². The zero-order chi connectivity index (χ0) is 22.0. The van der Waals surface area contributed by atoms with Gasteiger partial charge in [0.2, 0.25) is 0 Å². The molecule has 0 bridgehead atoms. The van der Waals surface area contributed by atoms with E-state index in [1.807, 2.05) is 0 Å². The highest BCUT2D eigenvalue weighted by Gasteiger charge is 2.41. The van der Waals surface area contributed by atoms with E-state index in [1.165, 1.54) is 6.92 Å². The Kier molecular flexibility index (Phi) is 5.76. The van der Waals surface area contributed by atoms with Gasteiger partial charge in [0, 0.05) is 11.1 Å². The topological polar surface area (TPSA) is 161 Å². The number of rotatable bonds is 7. The van der Waals surface area contributed by atoms with Crippen molar-refractivity contribution in [3.8, 4) is 0 Å². The molecule has 2 atom stereocenters. The molecule has 0 radical (unpaired) electrons. The molecule has 1 aromatic carbocycles. The van der Waals surface area contributed by atoms with Crippen LogP contribution < -0.4 is 0 Å². The third-order valence-corrected chi connectivity index (χ3v) is 4.75. The summed E-state index contributed by atoms with van der Waals surface area (Å²) in [5.41, 5.74) is 2.06. The normalized spacial score (nSPS) is 17.8. The Morgan fingerprint density at radius 3 is 2.67 bits per heavy atom. The lowest BCUT2D eigenvalue weighted by atomic mass is 9.78. The van der Waals surface area contributed by atoms with Gasteiger partial charge in [-0.05, 0) is 43.6 Å². The number of benzene rings is 1. The Balaban J connectivity index is 2.04. The molecule has 0 saturated heterocycles. The van der Waals surface area contributed by atoms with Crippen LogP contribution in [0.15, 0.2) is 45.2 Å². The fourth-order valence-corrected chi connectivity index (χ4v) is 3.58. The average Bonchev–Trinajstić information content (AvgIpc) is 3.13. The summed E-state index contributed by atoms with van der Waals surface area (Å²) in [6.45, 7) is 4.28. The van der Waals surface area contributed by atoms with Gasteiger partial charge < -0.3 is 9.57 Å². The van der Waals surface area contributed by atoms with Crippen molar-refractivity contribution in [1.29, 1.82) is 0 Å². The molecule has 158 valence electrons. The smallest absolute Gasteiger partial charge is 0.335 e. The van der Waals surface area contributed by atoms with E-state index < -0.39 is 34.6 Å². The minimum Gasteiger partial charge on any atom is -0.460 e. The van der Waals surface area contributed by atoms with Crippen LogP contribution in [-0.2, 0) is 14.4 Å². The van der Waals surface area contributed by atoms with E-state index in [1.54, 1.807) is 32.0 Å². The number of fused-ring (bicyclic) bond motifs is 1. The highest BCUT2D eigenvalue weighted by molar-refractivity contribution is 5.94. The van der Waals surface area contributed by atoms with Gasteiger partial charge in [0.25, 0.3) is 10.8 Å². The second kappa shape index (κ2) is 8.27. The number of hydrogen-bond acceptors (Lipinski definition) is 10. The molecule has 1 aliphatic carbocycles. The Morgan fingerprint density at radius 2 is 2.00 bits per heavy atom. The summed E-state index contributed by atoms with van der Waals surface area (Å²) in [4.78, 5) is 39.1. The fourth-order valence-electron chi connectivity index (χ4n) is 3.58. The summed E-state index contributed by atoms with van der Waals surface area (Å²) >= 11 is 0. The summed E-state index contributed by atoms with van der Waals surface area (Å²) in [6.07, 6.45) is -0.784. The summed E-state index contributed by atoms with van der Waals surface area (Å²) < 4.78 is 9.95. The van der Waals surface area contributed by atoms with E-state index in [9.17, 15) is 25.0 Å². The predicted molar refractivity (Wildman–Crippen MR) is 100 cm³/mol. The molecule has 3 rings (SSSR count). The average molecular weight is 418 g/mol. The maximum atomic E-state index is 12.9. The van der Waals surface area contributed by atoms with Gasteiger partial charge in [0.05, 0.1) is 10.5 Å². The molecule has 2 aromatic rings. The quantitative estimate of drug-likeness (QED) is 0.371. The SMILES string of the molecule is CC1=C(C(=O)OCC(C)O[N+](=O)[O-])C(c2cccc3nonc23)C([N+](=O)[O-])=C(C)C1. The molecule has 0 spiro atoms. The van der Waals surface area contributed by atoms with Crippen LogP contribution in [0.3, 0.4) is 0 Å². The molecule has 1 heterocycles. The summed E-state index contributed by atoms with van der Waals surface area (Å²) in [5, 5.41) is 28.9. The standard InChI is InChI=1S/C18H18N4O8/c1-9-7-10(2)17(21(24)25)15(12-5-4-6-13-16(12)20-30-19-13)14(9)18(23)28-8-11(3)29-22(26)27/h4-6,11,15H,7-8H2,1-3H3. The first-order valence-electron chi connectivity index (χ1n) is 8.93. The first-order valence-corrected chi connectivity index (χ1v) is 8.93. The van der Waals surface area contributed by atoms with Crippen molar-refractivity contribution in [1.82, 2.24) is 10.3 Å². The third-order valence-electron chi connectivity index (χ3n) is 4.75. The van der Waals surface area contributed by atoms with E-state index in [0.29, 0.717) is 27.7 Å². The van der Waals surface area contributed by atoms with Gasteiger partial charge in [-0.15, -0.1) is 10.1 Å². The Morgan fingerprint density at radius 1 is 1.27 bits per heavy atom. The number of carbonyl (C=O) groups is 1. The van der Waals surface area contributed by atoms with Gasteiger partial charge >= 0.3 is 5.97 Å². The second-order valence-corrected chi connectivity index (χ2v) is 6.94. The van der Waals surface area contributed by atoms with E-state index in [2.05, 4.69) is 15.2 Å². The second-order valence-electron chi connectivity index (χ2n) is 6.94. The zero-order valence-corrected chi connectivity index (χ0v) is 16.4. The van der Waals surface area contributed by atoms with Crippen LogP contribution in [0.2, 0.25) is 0 Å². The molecular weight excluding hydrogens is 400 g/mol. The molecule has 12 nitrogen and oxygen atoms in total. The number of allylic oxidation sites excluding steroid dienone is 3. The highest BCUT2D eigenvalue weighted by Crippen LogP contribution is 2.43. The number of aromatic nitrogens is 2. The van der Waals surface area contributed by atoms with Gasteiger partial charge in [-0.1, -0.05) is 17.7 Å². The lowest BCUT2D eigenvalue weighted by Crippen LogP contribution is -2.28. The van der Waals surface area contributed by atoms with Crippen LogP contribution in [0.1, 0.15) is 38.7 Å². The molecule has 12 heteroatoms. The lowest BCUT2D eigenvalue weighted by Gasteiger charge is -2.26. The van der Waals surface area contributed by atoms with Crippen LogP contribution in [0.4, 0.5) is 0 Å². The van der Waals surface area contributed by atoms with E-state index >= 15 is 0 Å². The van der Waals surface area contributed by atoms with Gasteiger partial charge in [0.1, 0.15) is 29.7 Å². The van der Waals surface area contributed by atoms with Crippen molar-refractivity contribution in [3.63, 3.8) is 0 Å². The van der Waals surface area contributed by atoms with Crippen LogP contribution in [-0.4, -0.2) is 39.0 Å². The maximum absolute atomic E-state index is 12.9. The van der Waals surface area contributed by atoms with Gasteiger partial charge in [-0.25, -0.2) is 9.42 Å². The molecule has 0 saturated carbocycles. The molecule has 0 aliphatic heterocycles. The molecule has 1 aliphatic rings. The van der Waals surface area contributed by atoms with Crippen molar-refractivity contribution in [2.45, 2.75) is 39.2 Å². The fraction of sp³-hybridized carbons (Fsp3) is 0.389. The van der Waals surface area contributed by atoms with Crippen molar-refractivity contribution in [2.75, 3.05) is 6.61 Å². The Bertz CT molecular complexity index is 1090. The first-order chi connectivity index (χ1) is 14.2. The van der Waals surface area contributed by atoms with Crippen molar-refractivity contribution >= 4 is 17.0 Å². The number of ether oxygens (including phenoxy) is 1. The van der Waals surface area contributed by atoms with E-state index in [4.69, 9.17) is 9.37 Å². The predicted octanol–water partition coefficient (Wildman–Crippen LogP) is 2.72. The first kappa shape index (κ1) is 20.9. The number of esters is 1. The minimum absolute atomic E-state index is 0.0797. The van der Waals surface area contributed by atoms with Crippen LogP contribution in [0.5, 0.6) is 0 Å².